The Morgan fingerprint density at radius 2 is 1.97 bits per heavy atom. The number of phenols is 1. The first-order valence-electron chi connectivity index (χ1n) is 10.8. The molecule has 0 bridgehead atoms. The van der Waals surface area contributed by atoms with Crippen LogP contribution < -0.4 is 5.32 Å². The van der Waals surface area contributed by atoms with Crippen molar-refractivity contribution in [1.82, 2.24) is 14.9 Å². The van der Waals surface area contributed by atoms with Crippen LogP contribution in [0.25, 0.3) is 22.3 Å². The van der Waals surface area contributed by atoms with Gasteiger partial charge in [0, 0.05) is 31.0 Å². The molecule has 2 heterocycles. The summed E-state index contributed by atoms with van der Waals surface area (Å²) in [6.07, 6.45) is -0.442. The van der Waals surface area contributed by atoms with Crippen molar-refractivity contribution in [3.8, 4) is 17.1 Å². The minimum Gasteiger partial charge on any atom is -0.507 e. The zero-order valence-electron chi connectivity index (χ0n) is 18.7. The van der Waals surface area contributed by atoms with Crippen molar-refractivity contribution < 1.29 is 24.1 Å². The molecule has 0 saturated carbocycles. The molecule has 3 aromatic rings. The summed E-state index contributed by atoms with van der Waals surface area (Å²) in [6.45, 7) is 5.93. The third-order valence-corrected chi connectivity index (χ3v) is 5.45. The normalized spacial score (nSPS) is 18.5. The smallest absolute Gasteiger partial charge is 0.410 e. The number of nitrogens with zero attached hydrogens (tertiary/aromatic N) is 3. The monoisotopic (exact) mass is 454 g/mol. The number of phenolic OH excluding ortho intramolecular Hbond substituents is 1. The summed E-state index contributed by atoms with van der Waals surface area (Å²) in [5, 5.41) is 24.2. The second kappa shape index (κ2) is 8.82. The first-order valence-corrected chi connectivity index (χ1v) is 10.8. The number of aromatic hydroxyl groups is 1. The number of hydrogen-bond donors (Lipinski definition) is 3. The molecule has 8 nitrogen and oxygen atoms in total. The van der Waals surface area contributed by atoms with Gasteiger partial charge in [0.25, 0.3) is 0 Å². The van der Waals surface area contributed by atoms with Crippen molar-refractivity contribution in [1.29, 1.82) is 0 Å². The van der Waals surface area contributed by atoms with E-state index < -0.39 is 17.5 Å². The van der Waals surface area contributed by atoms with Crippen LogP contribution in [0.2, 0.25) is 0 Å². The largest absolute Gasteiger partial charge is 0.507 e. The zero-order valence-corrected chi connectivity index (χ0v) is 18.7. The number of aromatic nitrogens is 2. The number of carbonyl (C=O) groups excluding carboxylic acids is 1. The highest BCUT2D eigenvalue weighted by molar-refractivity contribution is 5.91. The molecule has 33 heavy (non-hydrogen) atoms. The summed E-state index contributed by atoms with van der Waals surface area (Å²) in [5.41, 5.74) is 0.155. The topological polar surface area (TPSA) is 108 Å². The fourth-order valence-corrected chi connectivity index (χ4v) is 3.87. The van der Waals surface area contributed by atoms with E-state index >= 15 is 0 Å². The van der Waals surface area contributed by atoms with Gasteiger partial charge in [-0.05, 0) is 51.1 Å². The van der Waals surface area contributed by atoms with Gasteiger partial charge in [-0.1, -0.05) is 12.1 Å². The summed E-state index contributed by atoms with van der Waals surface area (Å²) in [6, 6.07) is 10.6. The van der Waals surface area contributed by atoms with Gasteiger partial charge in [-0.15, -0.1) is 0 Å². The number of benzene rings is 2. The summed E-state index contributed by atoms with van der Waals surface area (Å²) < 4.78 is 19.3. The SMILES string of the molecule is CC(C)(C)OC(=O)N1C[C@H](CO)[C@@H](Nc2nc(-c3cc(F)ccc3O)nc3ccccc23)C1. The molecule has 4 rings (SSSR count). The van der Waals surface area contributed by atoms with Crippen molar-refractivity contribution in [2.75, 3.05) is 25.0 Å². The lowest BCUT2D eigenvalue weighted by atomic mass is 10.0. The number of hydrogen-bond acceptors (Lipinski definition) is 7. The van der Waals surface area contributed by atoms with Gasteiger partial charge in [0.2, 0.25) is 0 Å². The second-order valence-corrected chi connectivity index (χ2v) is 9.15. The van der Waals surface area contributed by atoms with E-state index in [1.165, 1.54) is 12.1 Å². The third-order valence-electron chi connectivity index (χ3n) is 5.45. The van der Waals surface area contributed by atoms with Crippen LogP contribution in [0, 0.1) is 11.7 Å². The van der Waals surface area contributed by atoms with Gasteiger partial charge in [0.15, 0.2) is 5.82 Å². The van der Waals surface area contributed by atoms with E-state index in [4.69, 9.17) is 4.74 Å². The molecule has 2 atom stereocenters. The van der Waals surface area contributed by atoms with Gasteiger partial charge in [-0.25, -0.2) is 19.2 Å². The summed E-state index contributed by atoms with van der Waals surface area (Å²) in [7, 11) is 0. The first kappa shape index (κ1) is 22.7. The molecule has 1 fully saturated rings. The third kappa shape index (κ3) is 4.98. The molecule has 1 aliphatic rings. The maximum Gasteiger partial charge on any atom is 0.410 e. The predicted octanol–water partition coefficient (Wildman–Crippen LogP) is 3.78. The van der Waals surface area contributed by atoms with Crippen LogP contribution in [0.1, 0.15) is 20.8 Å². The van der Waals surface area contributed by atoms with Crippen LogP contribution in [-0.4, -0.2) is 62.5 Å². The van der Waals surface area contributed by atoms with Gasteiger partial charge >= 0.3 is 6.09 Å². The number of anilines is 1. The number of halogens is 1. The fraction of sp³-hybridized carbons (Fsp3) is 0.375. The first-order chi connectivity index (χ1) is 15.6. The molecule has 0 aliphatic carbocycles. The number of carbonyl (C=O) groups is 1. The maximum atomic E-state index is 13.8. The number of nitrogens with one attached hydrogen (secondary N) is 1. The van der Waals surface area contributed by atoms with Crippen LogP contribution in [0.3, 0.4) is 0 Å². The Kier molecular flexibility index (Phi) is 6.07. The van der Waals surface area contributed by atoms with Crippen molar-refractivity contribution >= 4 is 22.8 Å². The lowest BCUT2D eigenvalue weighted by Crippen LogP contribution is -2.36. The van der Waals surface area contributed by atoms with E-state index in [2.05, 4.69) is 15.3 Å². The van der Waals surface area contributed by atoms with E-state index in [-0.39, 0.29) is 35.7 Å². The van der Waals surface area contributed by atoms with Gasteiger partial charge in [0.05, 0.1) is 17.1 Å². The number of rotatable bonds is 4. The number of likely N-dealkylation sites (tertiary alicyclic amines) is 1. The van der Waals surface area contributed by atoms with E-state index in [1.807, 2.05) is 18.2 Å². The Morgan fingerprint density at radius 1 is 1.21 bits per heavy atom. The molecular formula is C24H27FN4O4. The van der Waals surface area contributed by atoms with Crippen LogP contribution >= 0.6 is 0 Å². The second-order valence-electron chi connectivity index (χ2n) is 9.15. The molecule has 9 heteroatoms. The highest BCUT2D eigenvalue weighted by Crippen LogP contribution is 2.32. The quantitative estimate of drug-likeness (QED) is 0.551. The molecule has 0 unspecified atom stereocenters. The average molecular weight is 455 g/mol. The molecule has 174 valence electrons. The molecule has 1 amide bonds. The minimum atomic E-state index is -0.623. The van der Waals surface area contributed by atoms with E-state index in [0.29, 0.717) is 24.4 Å². The molecule has 1 aromatic heterocycles. The maximum absolute atomic E-state index is 13.8. The molecular weight excluding hydrogens is 427 g/mol. The van der Waals surface area contributed by atoms with Gasteiger partial charge < -0.3 is 25.2 Å². The standard InChI is InChI=1S/C24H27FN4O4/c1-24(2,3)33-23(32)29-11-14(13-30)19(12-29)27-21-16-6-4-5-7-18(16)26-22(28-21)17-10-15(25)8-9-20(17)31/h4-10,14,19,30-31H,11-13H2,1-3H3,(H,26,27,28)/t14-,19+/m1/s1. The molecule has 0 spiro atoms. The number of aliphatic hydroxyl groups excluding tert-OH is 1. The number of amides is 1. The predicted molar refractivity (Wildman–Crippen MR) is 122 cm³/mol. The Labute approximate surface area is 191 Å². The number of aliphatic hydroxyl groups is 1. The summed E-state index contributed by atoms with van der Waals surface area (Å²) in [4.78, 5) is 23.2. The molecule has 2 aromatic carbocycles. The minimum absolute atomic E-state index is 0.127. The summed E-state index contributed by atoms with van der Waals surface area (Å²) in [5.74, 6) is -0.261. The van der Waals surface area contributed by atoms with Crippen molar-refractivity contribution in [3.05, 3.63) is 48.3 Å². The van der Waals surface area contributed by atoms with E-state index in [1.54, 1.807) is 31.7 Å². The van der Waals surface area contributed by atoms with E-state index in [0.717, 1.165) is 11.5 Å². The Bertz CT molecular complexity index is 1180. The van der Waals surface area contributed by atoms with Crippen molar-refractivity contribution in [2.24, 2.45) is 5.92 Å². The number of ether oxygens (including phenoxy) is 1. The molecule has 1 saturated heterocycles. The Morgan fingerprint density at radius 3 is 2.70 bits per heavy atom. The van der Waals surface area contributed by atoms with Crippen LogP contribution in [0.5, 0.6) is 5.75 Å². The Balaban J connectivity index is 1.68. The lowest BCUT2D eigenvalue weighted by molar-refractivity contribution is 0.0283. The highest BCUT2D eigenvalue weighted by atomic mass is 19.1. The highest BCUT2D eigenvalue weighted by Gasteiger charge is 2.37. The molecule has 1 aliphatic heterocycles. The van der Waals surface area contributed by atoms with Crippen molar-refractivity contribution in [2.45, 2.75) is 32.4 Å². The number of para-hydroxylation sites is 1. The van der Waals surface area contributed by atoms with Gasteiger partial charge in [0.1, 0.15) is 23.0 Å². The average Bonchev–Trinajstić information content (AvgIpc) is 3.17. The van der Waals surface area contributed by atoms with Gasteiger partial charge in [-0.3, -0.25) is 0 Å². The fourth-order valence-electron chi connectivity index (χ4n) is 3.87. The number of fused-ring (bicyclic) bond motifs is 1. The molecule has 0 radical (unpaired) electrons. The van der Waals surface area contributed by atoms with Crippen LogP contribution in [-0.2, 0) is 4.74 Å². The van der Waals surface area contributed by atoms with Crippen LogP contribution in [0.4, 0.5) is 15.0 Å². The van der Waals surface area contributed by atoms with Crippen LogP contribution in [0.15, 0.2) is 42.5 Å². The zero-order chi connectivity index (χ0) is 23.8. The van der Waals surface area contributed by atoms with E-state index in [9.17, 15) is 19.4 Å². The lowest BCUT2D eigenvalue weighted by Gasteiger charge is -2.24. The molecule has 3 N–H and O–H groups in total. The van der Waals surface area contributed by atoms with Crippen molar-refractivity contribution in [3.63, 3.8) is 0 Å². The Hall–Kier alpha value is -3.46. The summed E-state index contributed by atoms with van der Waals surface area (Å²) >= 11 is 0. The van der Waals surface area contributed by atoms with Gasteiger partial charge in [-0.2, -0.15) is 0 Å².